The van der Waals surface area contributed by atoms with Crippen molar-refractivity contribution >= 4 is 5.97 Å². The van der Waals surface area contributed by atoms with Gasteiger partial charge in [-0.3, -0.25) is 9.69 Å². The Morgan fingerprint density at radius 3 is 2.95 bits per heavy atom. The number of carbonyl (C=O) groups is 1. The second-order valence-electron chi connectivity index (χ2n) is 4.87. The number of aryl methyl sites for hydroxylation is 1. The third-order valence-corrected chi connectivity index (χ3v) is 3.52. The first-order valence-corrected chi connectivity index (χ1v) is 6.49. The minimum Gasteiger partial charge on any atom is -0.480 e. The lowest BCUT2D eigenvalue weighted by Crippen LogP contribution is -2.39. The highest BCUT2D eigenvalue weighted by Crippen LogP contribution is 2.30. The average Bonchev–Trinajstić information content (AvgIpc) is 2.83. The Morgan fingerprint density at radius 2 is 2.25 bits per heavy atom. The van der Waals surface area contributed by atoms with E-state index < -0.39 is 12.0 Å². The molecule has 6 heteroatoms. The highest BCUT2D eigenvalue weighted by molar-refractivity contribution is 5.76. The zero-order valence-corrected chi connectivity index (χ0v) is 11.1. The maximum Gasteiger partial charge on any atom is 0.325 e. The summed E-state index contributed by atoms with van der Waals surface area (Å²) in [5.41, 5.74) is 1.94. The maximum atomic E-state index is 11.6. The lowest BCUT2D eigenvalue weighted by molar-refractivity contribution is -0.144. The molecule has 1 aromatic carbocycles. The van der Waals surface area contributed by atoms with Crippen LogP contribution in [0.1, 0.15) is 29.0 Å². The van der Waals surface area contributed by atoms with E-state index >= 15 is 0 Å². The molecule has 1 N–H and O–H groups in total. The fraction of sp³-hybridized carbons (Fsp3) is 0.357. The highest BCUT2D eigenvalue weighted by atomic mass is 16.4. The number of benzene rings is 1. The minimum atomic E-state index is -0.853. The molecular weight excluding hydrogens is 258 g/mol. The van der Waals surface area contributed by atoms with Crippen molar-refractivity contribution in [3.63, 3.8) is 0 Å². The van der Waals surface area contributed by atoms with Crippen LogP contribution in [0.5, 0.6) is 0 Å². The number of aromatic nitrogens is 2. The fourth-order valence-corrected chi connectivity index (χ4v) is 2.65. The molecule has 0 bridgehead atoms. The molecule has 2 heterocycles. The second-order valence-corrected chi connectivity index (χ2v) is 4.87. The van der Waals surface area contributed by atoms with Gasteiger partial charge >= 0.3 is 5.97 Å². The first-order chi connectivity index (χ1) is 9.65. The number of fused-ring (bicyclic) bond motifs is 1. The highest BCUT2D eigenvalue weighted by Gasteiger charge is 2.33. The summed E-state index contributed by atoms with van der Waals surface area (Å²) in [5, 5.41) is 17.2. The first kappa shape index (κ1) is 12.8. The molecule has 1 aromatic heterocycles. The van der Waals surface area contributed by atoms with E-state index in [9.17, 15) is 9.90 Å². The van der Waals surface area contributed by atoms with Crippen LogP contribution in [0.25, 0.3) is 0 Å². The van der Waals surface area contributed by atoms with Crippen molar-refractivity contribution in [3.8, 4) is 0 Å². The number of nitrogens with zero attached hydrogens (tertiary/aromatic N) is 3. The summed E-state index contributed by atoms with van der Waals surface area (Å²) in [6, 6.07) is 7.01. The van der Waals surface area contributed by atoms with E-state index in [1.165, 1.54) is 0 Å². The van der Waals surface area contributed by atoms with E-state index in [4.69, 9.17) is 4.42 Å². The molecule has 0 saturated carbocycles. The molecular formula is C14H15N3O3. The van der Waals surface area contributed by atoms with Gasteiger partial charge in [0.2, 0.25) is 11.8 Å². The summed E-state index contributed by atoms with van der Waals surface area (Å²) in [5.74, 6) is 0.0887. The van der Waals surface area contributed by atoms with Crippen molar-refractivity contribution in [1.29, 1.82) is 0 Å². The third-order valence-electron chi connectivity index (χ3n) is 3.52. The van der Waals surface area contributed by atoms with Gasteiger partial charge in [-0.25, -0.2) is 0 Å². The summed E-state index contributed by atoms with van der Waals surface area (Å²) in [6.07, 6.45) is 0.826. The zero-order valence-electron chi connectivity index (χ0n) is 11.1. The third kappa shape index (κ3) is 2.30. The number of aliphatic carboxylic acids is 1. The molecule has 0 amide bonds. The van der Waals surface area contributed by atoms with Crippen LogP contribution >= 0.6 is 0 Å². The quantitative estimate of drug-likeness (QED) is 0.914. The van der Waals surface area contributed by atoms with E-state index in [0.717, 1.165) is 17.5 Å². The molecule has 1 atom stereocenters. The van der Waals surface area contributed by atoms with Gasteiger partial charge in [-0.05, 0) is 17.5 Å². The van der Waals surface area contributed by atoms with Crippen LogP contribution in [0.4, 0.5) is 0 Å². The Balaban J connectivity index is 1.90. The van der Waals surface area contributed by atoms with Gasteiger partial charge in [0.25, 0.3) is 0 Å². The predicted molar refractivity (Wildman–Crippen MR) is 70.0 cm³/mol. The normalized spacial score (nSPS) is 18.8. The van der Waals surface area contributed by atoms with Gasteiger partial charge in [-0.15, -0.1) is 10.2 Å². The molecule has 2 aromatic rings. The van der Waals surface area contributed by atoms with E-state index in [2.05, 4.69) is 10.2 Å². The molecule has 6 nitrogen and oxygen atoms in total. The summed E-state index contributed by atoms with van der Waals surface area (Å²) in [7, 11) is 0. The fourth-order valence-electron chi connectivity index (χ4n) is 2.65. The van der Waals surface area contributed by atoms with Gasteiger partial charge in [-0.1, -0.05) is 24.3 Å². The molecule has 1 aliphatic rings. The number of rotatable bonds is 3. The number of hydrogen-bond acceptors (Lipinski definition) is 5. The van der Waals surface area contributed by atoms with Gasteiger partial charge in [-0.2, -0.15) is 0 Å². The molecule has 104 valence electrons. The molecule has 0 spiro atoms. The summed E-state index contributed by atoms with van der Waals surface area (Å²) >= 11 is 0. The van der Waals surface area contributed by atoms with Crippen LogP contribution < -0.4 is 0 Å². The Kier molecular flexibility index (Phi) is 3.23. The van der Waals surface area contributed by atoms with E-state index in [-0.39, 0.29) is 0 Å². The lowest BCUT2D eigenvalue weighted by Gasteiger charge is -2.33. The second kappa shape index (κ2) is 5.05. The lowest BCUT2D eigenvalue weighted by atomic mass is 9.92. The van der Waals surface area contributed by atoms with Crippen LogP contribution in [-0.4, -0.2) is 32.7 Å². The van der Waals surface area contributed by atoms with E-state index in [1.807, 2.05) is 29.2 Å². The van der Waals surface area contributed by atoms with Crippen LogP contribution in [0.3, 0.4) is 0 Å². The molecule has 0 saturated heterocycles. The van der Waals surface area contributed by atoms with Gasteiger partial charge in [0, 0.05) is 13.5 Å². The number of carboxylic acids is 1. The van der Waals surface area contributed by atoms with Crippen LogP contribution in [0, 0.1) is 6.92 Å². The summed E-state index contributed by atoms with van der Waals surface area (Å²) in [4.78, 5) is 13.5. The van der Waals surface area contributed by atoms with Crippen LogP contribution in [0.15, 0.2) is 28.7 Å². The first-order valence-electron chi connectivity index (χ1n) is 6.49. The van der Waals surface area contributed by atoms with Crippen molar-refractivity contribution < 1.29 is 14.3 Å². The van der Waals surface area contributed by atoms with E-state index in [0.29, 0.717) is 24.9 Å². The van der Waals surface area contributed by atoms with Crippen molar-refractivity contribution in [2.45, 2.75) is 25.9 Å². The molecule has 1 aliphatic heterocycles. The van der Waals surface area contributed by atoms with Crippen LogP contribution in [-0.2, 0) is 17.8 Å². The summed E-state index contributed by atoms with van der Waals surface area (Å²) < 4.78 is 5.35. The average molecular weight is 273 g/mol. The number of hydrogen-bond donors (Lipinski definition) is 1. The Morgan fingerprint density at radius 1 is 1.45 bits per heavy atom. The zero-order chi connectivity index (χ0) is 14.1. The Hall–Kier alpha value is -2.21. The SMILES string of the molecule is Cc1nnc(CN2CCc3ccccc3C2C(=O)O)o1. The molecule has 0 radical (unpaired) electrons. The van der Waals surface area contributed by atoms with E-state index in [1.54, 1.807) is 6.92 Å². The topological polar surface area (TPSA) is 79.5 Å². The van der Waals surface area contributed by atoms with Crippen molar-refractivity contribution in [2.75, 3.05) is 6.54 Å². The molecule has 20 heavy (non-hydrogen) atoms. The molecule has 3 rings (SSSR count). The largest absolute Gasteiger partial charge is 0.480 e. The standard InChI is InChI=1S/C14H15N3O3/c1-9-15-16-12(20-9)8-17-7-6-10-4-2-3-5-11(10)13(17)14(18)19/h2-5,13H,6-8H2,1H3,(H,18,19). The maximum absolute atomic E-state index is 11.6. The molecule has 0 aliphatic carbocycles. The van der Waals surface area contributed by atoms with Crippen molar-refractivity contribution in [1.82, 2.24) is 15.1 Å². The predicted octanol–water partition coefficient (Wildman–Crippen LogP) is 1.56. The van der Waals surface area contributed by atoms with Gasteiger partial charge < -0.3 is 9.52 Å². The van der Waals surface area contributed by atoms with Crippen molar-refractivity contribution in [2.24, 2.45) is 0 Å². The van der Waals surface area contributed by atoms with Crippen molar-refractivity contribution in [3.05, 3.63) is 47.2 Å². The number of carboxylic acid groups (broad SMARTS) is 1. The molecule has 1 unspecified atom stereocenters. The van der Waals surface area contributed by atoms with Crippen LogP contribution in [0.2, 0.25) is 0 Å². The van der Waals surface area contributed by atoms with Gasteiger partial charge in [0.15, 0.2) is 0 Å². The van der Waals surface area contributed by atoms with Gasteiger partial charge in [0.1, 0.15) is 6.04 Å². The van der Waals surface area contributed by atoms with Gasteiger partial charge in [0.05, 0.1) is 6.54 Å². The monoisotopic (exact) mass is 273 g/mol. The minimum absolute atomic E-state index is 0.353. The molecule has 0 fully saturated rings. The Bertz CT molecular complexity index is 638. The summed E-state index contributed by atoms with van der Waals surface area (Å²) in [6.45, 7) is 2.73. The smallest absolute Gasteiger partial charge is 0.325 e. The Labute approximate surface area is 116 Å².